The summed E-state index contributed by atoms with van der Waals surface area (Å²) in [5.74, 6) is 0.201. The maximum absolute atomic E-state index is 11.2. The van der Waals surface area contributed by atoms with Crippen LogP contribution in [-0.2, 0) is 10.0 Å². The normalized spacial score (nSPS) is 12.2. The number of rotatable bonds is 6. The van der Waals surface area contributed by atoms with Crippen LogP contribution in [0.5, 0.6) is 0 Å². The molecule has 0 atom stereocenters. The van der Waals surface area contributed by atoms with Gasteiger partial charge in [0.15, 0.2) is 0 Å². The Morgan fingerprint density at radius 1 is 1.45 bits per heavy atom. The molecule has 1 aromatic heterocycles. The Morgan fingerprint density at radius 2 is 2.05 bits per heavy atom. The van der Waals surface area contributed by atoms with Crippen LogP contribution in [0, 0.1) is 10.1 Å². The number of aromatic nitrogens is 1. The molecule has 0 spiro atoms. The van der Waals surface area contributed by atoms with Crippen molar-refractivity contribution >= 4 is 33.1 Å². The number of sulfonamides is 1. The third-order valence-corrected chi connectivity index (χ3v) is 3.28. The lowest BCUT2D eigenvalue weighted by atomic mass is 10.1. The Hall–Kier alpha value is -1.45. The molecule has 0 aliphatic carbocycles. The van der Waals surface area contributed by atoms with Gasteiger partial charge in [0.2, 0.25) is 10.0 Å². The number of pyridine rings is 1. The van der Waals surface area contributed by atoms with Gasteiger partial charge >= 0.3 is 0 Å². The van der Waals surface area contributed by atoms with Crippen molar-refractivity contribution < 1.29 is 13.3 Å². The molecule has 0 aliphatic heterocycles. The van der Waals surface area contributed by atoms with E-state index in [-0.39, 0.29) is 23.2 Å². The van der Waals surface area contributed by atoms with Crippen LogP contribution in [0.15, 0.2) is 12.1 Å². The number of nitrogens with zero attached hydrogens (tertiary/aromatic N) is 2. The van der Waals surface area contributed by atoms with E-state index in [4.69, 9.17) is 11.6 Å². The van der Waals surface area contributed by atoms with Crippen molar-refractivity contribution in [1.82, 2.24) is 9.71 Å². The first kappa shape index (κ1) is 16.6. The van der Waals surface area contributed by atoms with Crippen LogP contribution in [0.2, 0.25) is 5.15 Å². The second-order valence-electron chi connectivity index (χ2n) is 4.90. The van der Waals surface area contributed by atoms with Gasteiger partial charge in [-0.2, -0.15) is 0 Å². The van der Waals surface area contributed by atoms with Gasteiger partial charge in [0.05, 0.1) is 23.3 Å². The molecule has 2 N–H and O–H groups in total. The van der Waals surface area contributed by atoms with Gasteiger partial charge in [0.25, 0.3) is 5.69 Å². The molecule has 20 heavy (non-hydrogen) atoms. The van der Waals surface area contributed by atoms with E-state index >= 15 is 0 Å². The van der Waals surface area contributed by atoms with Crippen molar-refractivity contribution in [3.05, 3.63) is 27.4 Å². The Balaban J connectivity index is 2.82. The van der Waals surface area contributed by atoms with Crippen molar-refractivity contribution in [2.24, 2.45) is 0 Å². The van der Waals surface area contributed by atoms with E-state index in [1.54, 1.807) is 13.8 Å². The maximum atomic E-state index is 11.2. The number of hydrogen-bond donors (Lipinski definition) is 2. The van der Waals surface area contributed by atoms with Gasteiger partial charge in [-0.25, -0.2) is 18.1 Å². The highest BCUT2D eigenvalue weighted by Crippen LogP contribution is 2.20. The van der Waals surface area contributed by atoms with E-state index in [9.17, 15) is 18.5 Å². The second-order valence-corrected chi connectivity index (χ2v) is 7.04. The van der Waals surface area contributed by atoms with Gasteiger partial charge in [0, 0.05) is 12.1 Å². The molecule has 1 heterocycles. The Kier molecular flexibility index (Phi) is 4.90. The highest BCUT2D eigenvalue weighted by Gasteiger charge is 2.22. The lowest BCUT2D eigenvalue weighted by Gasteiger charge is -2.25. The average molecular weight is 323 g/mol. The first-order chi connectivity index (χ1) is 8.98. The third-order valence-electron chi connectivity index (χ3n) is 2.16. The van der Waals surface area contributed by atoms with Crippen LogP contribution in [0.25, 0.3) is 0 Å². The zero-order valence-electron chi connectivity index (χ0n) is 11.2. The van der Waals surface area contributed by atoms with Gasteiger partial charge in [-0.3, -0.25) is 10.1 Å². The first-order valence-corrected chi connectivity index (χ1v) is 7.80. The van der Waals surface area contributed by atoms with E-state index in [1.807, 2.05) is 0 Å². The van der Waals surface area contributed by atoms with Gasteiger partial charge < -0.3 is 5.32 Å². The van der Waals surface area contributed by atoms with Crippen LogP contribution in [0.3, 0.4) is 0 Å². The predicted octanol–water partition coefficient (Wildman–Crippen LogP) is 1.38. The van der Waals surface area contributed by atoms with E-state index in [1.165, 1.54) is 6.07 Å². The zero-order valence-corrected chi connectivity index (χ0v) is 12.7. The number of nitrogens with one attached hydrogen (secondary N) is 2. The van der Waals surface area contributed by atoms with Crippen LogP contribution >= 0.6 is 11.6 Å². The maximum Gasteiger partial charge on any atom is 0.276 e. The fraction of sp³-hybridized carbons (Fsp3) is 0.500. The molecule has 0 radical (unpaired) electrons. The number of hydrogen-bond acceptors (Lipinski definition) is 6. The summed E-state index contributed by atoms with van der Waals surface area (Å²) in [7, 11) is -3.36. The minimum atomic E-state index is -3.36. The van der Waals surface area contributed by atoms with Crippen molar-refractivity contribution in [2.75, 3.05) is 18.1 Å². The van der Waals surface area contributed by atoms with E-state index in [2.05, 4.69) is 15.0 Å². The topological polar surface area (TPSA) is 114 Å². The fourth-order valence-corrected chi connectivity index (χ4v) is 2.81. The number of halogens is 1. The molecule has 0 aliphatic rings. The molecule has 0 saturated heterocycles. The molecule has 10 heteroatoms. The van der Waals surface area contributed by atoms with E-state index in [0.717, 1.165) is 12.3 Å². The molecule has 1 aromatic rings. The molecule has 0 fully saturated rings. The third kappa shape index (κ3) is 5.68. The van der Waals surface area contributed by atoms with Crippen molar-refractivity contribution in [1.29, 1.82) is 0 Å². The van der Waals surface area contributed by atoms with Crippen molar-refractivity contribution in [3.63, 3.8) is 0 Å². The fourth-order valence-electron chi connectivity index (χ4n) is 1.53. The summed E-state index contributed by atoms with van der Waals surface area (Å²) in [6.07, 6.45) is 1.05. The highest BCUT2D eigenvalue weighted by atomic mass is 35.5. The summed E-state index contributed by atoms with van der Waals surface area (Å²) < 4.78 is 24.8. The quantitative estimate of drug-likeness (QED) is 0.464. The lowest BCUT2D eigenvalue weighted by Crippen LogP contribution is -2.47. The lowest BCUT2D eigenvalue weighted by molar-refractivity contribution is -0.384. The predicted molar refractivity (Wildman–Crippen MR) is 76.4 cm³/mol. The molecule has 8 nitrogen and oxygen atoms in total. The molecule has 112 valence electrons. The zero-order chi connectivity index (χ0) is 15.6. The minimum Gasteiger partial charge on any atom is -0.368 e. The summed E-state index contributed by atoms with van der Waals surface area (Å²) in [4.78, 5) is 14.0. The van der Waals surface area contributed by atoms with Crippen LogP contribution in [0.4, 0.5) is 11.5 Å². The standard InChI is InChI=1S/C10H15ClN4O4S/c1-10(2,14-20(3,18)19)6-12-9-5-7(15(16)17)4-8(11)13-9/h4-5,14H,6H2,1-3H3,(H,12,13). The summed E-state index contributed by atoms with van der Waals surface area (Å²) in [6.45, 7) is 3.52. The Morgan fingerprint density at radius 3 is 2.55 bits per heavy atom. The smallest absolute Gasteiger partial charge is 0.276 e. The van der Waals surface area contributed by atoms with Crippen LogP contribution in [-0.4, -0.2) is 36.7 Å². The average Bonchev–Trinajstić information content (AvgIpc) is 2.22. The second kappa shape index (κ2) is 5.90. The van der Waals surface area contributed by atoms with Crippen LogP contribution in [0.1, 0.15) is 13.8 Å². The first-order valence-electron chi connectivity index (χ1n) is 5.53. The largest absolute Gasteiger partial charge is 0.368 e. The summed E-state index contributed by atoms with van der Waals surface area (Å²) in [5.41, 5.74) is -0.979. The molecule has 0 aromatic carbocycles. The number of nitro groups is 1. The molecule has 0 amide bonds. The number of anilines is 1. The van der Waals surface area contributed by atoms with E-state index in [0.29, 0.717) is 0 Å². The summed E-state index contributed by atoms with van der Waals surface area (Å²) in [6, 6.07) is 2.36. The molecular weight excluding hydrogens is 308 g/mol. The SMILES string of the molecule is CC(C)(CNc1cc([N+](=O)[O-])cc(Cl)n1)NS(C)(=O)=O. The molecular formula is C10H15ClN4O4S. The monoisotopic (exact) mass is 322 g/mol. The summed E-state index contributed by atoms with van der Waals surface area (Å²) in [5, 5.41) is 13.5. The molecule has 0 saturated carbocycles. The Labute approximate surface area is 121 Å². The summed E-state index contributed by atoms with van der Waals surface area (Å²) >= 11 is 5.68. The highest BCUT2D eigenvalue weighted by molar-refractivity contribution is 7.88. The van der Waals surface area contributed by atoms with Crippen molar-refractivity contribution in [3.8, 4) is 0 Å². The molecule has 0 bridgehead atoms. The van der Waals surface area contributed by atoms with Crippen LogP contribution < -0.4 is 10.0 Å². The van der Waals surface area contributed by atoms with Crippen molar-refractivity contribution in [2.45, 2.75) is 19.4 Å². The van der Waals surface area contributed by atoms with Gasteiger partial charge in [0.1, 0.15) is 11.0 Å². The van der Waals surface area contributed by atoms with Gasteiger partial charge in [-0.05, 0) is 13.8 Å². The molecule has 1 rings (SSSR count). The van der Waals surface area contributed by atoms with Gasteiger partial charge in [-0.1, -0.05) is 11.6 Å². The molecule has 0 unspecified atom stereocenters. The van der Waals surface area contributed by atoms with Gasteiger partial charge in [-0.15, -0.1) is 0 Å². The van der Waals surface area contributed by atoms with E-state index < -0.39 is 20.5 Å². The Bertz CT molecular complexity index is 618. The minimum absolute atomic E-state index is 0.0180.